The maximum Gasteiger partial charge on any atom is 0.234 e. The van der Waals surface area contributed by atoms with E-state index in [2.05, 4.69) is 15.5 Å². The number of hydrogen-bond acceptors (Lipinski definition) is 4. The molecule has 0 bridgehead atoms. The average Bonchev–Trinajstić information content (AvgIpc) is 2.77. The van der Waals surface area contributed by atoms with E-state index in [-0.39, 0.29) is 18.1 Å². The molecule has 1 saturated carbocycles. The van der Waals surface area contributed by atoms with Crippen LogP contribution in [0.3, 0.4) is 0 Å². The minimum atomic E-state index is 0.140. The van der Waals surface area contributed by atoms with Gasteiger partial charge in [0.2, 0.25) is 5.91 Å². The molecule has 1 heterocycles. The van der Waals surface area contributed by atoms with Crippen LogP contribution in [0.4, 0.5) is 0 Å². The fourth-order valence-corrected chi connectivity index (χ4v) is 2.70. The molecular formula is C12H23N3O2. The maximum absolute atomic E-state index is 11.9. The van der Waals surface area contributed by atoms with Crippen LogP contribution in [0.15, 0.2) is 0 Å². The van der Waals surface area contributed by atoms with Crippen molar-refractivity contribution in [3.05, 3.63) is 0 Å². The summed E-state index contributed by atoms with van der Waals surface area (Å²) in [5.74, 6) is 0.140. The van der Waals surface area contributed by atoms with Crippen molar-refractivity contribution in [2.75, 3.05) is 39.8 Å². The molecule has 2 unspecified atom stereocenters. The van der Waals surface area contributed by atoms with Crippen molar-refractivity contribution in [2.45, 2.75) is 31.4 Å². The molecule has 0 aromatic carbocycles. The minimum Gasteiger partial charge on any atom is -0.379 e. The SMILES string of the molecule is COC1CCCC1NC(=O)CN1CCNCC1. The zero-order valence-electron chi connectivity index (χ0n) is 10.6. The fraction of sp³-hybridized carbons (Fsp3) is 0.917. The van der Waals surface area contributed by atoms with Gasteiger partial charge in [-0.05, 0) is 19.3 Å². The topological polar surface area (TPSA) is 53.6 Å². The first-order valence-corrected chi connectivity index (χ1v) is 6.55. The van der Waals surface area contributed by atoms with Gasteiger partial charge < -0.3 is 15.4 Å². The van der Waals surface area contributed by atoms with Gasteiger partial charge in [0.25, 0.3) is 0 Å². The highest BCUT2D eigenvalue weighted by molar-refractivity contribution is 5.78. The molecule has 2 fully saturated rings. The summed E-state index contributed by atoms with van der Waals surface area (Å²) in [7, 11) is 1.73. The van der Waals surface area contributed by atoms with E-state index in [1.807, 2.05) is 0 Å². The van der Waals surface area contributed by atoms with Crippen molar-refractivity contribution in [1.29, 1.82) is 0 Å². The van der Waals surface area contributed by atoms with Crippen molar-refractivity contribution in [3.63, 3.8) is 0 Å². The number of piperazine rings is 1. The van der Waals surface area contributed by atoms with Gasteiger partial charge in [-0.2, -0.15) is 0 Å². The summed E-state index contributed by atoms with van der Waals surface area (Å²) in [5.41, 5.74) is 0. The zero-order chi connectivity index (χ0) is 12.1. The van der Waals surface area contributed by atoms with Crippen LogP contribution in [0.1, 0.15) is 19.3 Å². The predicted molar refractivity (Wildman–Crippen MR) is 65.9 cm³/mol. The molecule has 17 heavy (non-hydrogen) atoms. The Labute approximate surface area is 103 Å². The predicted octanol–water partition coefficient (Wildman–Crippen LogP) is -0.425. The van der Waals surface area contributed by atoms with Crippen LogP contribution in [0.5, 0.6) is 0 Å². The van der Waals surface area contributed by atoms with Gasteiger partial charge in [0, 0.05) is 33.3 Å². The van der Waals surface area contributed by atoms with E-state index in [0.717, 1.165) is 45.4 Å². The van der Waals surface area contributed by atoms with Crippen LogP contribution in [0.2, 0.25) is 0 Å². The molecule has 1 amide bonds. The number of carbonyl (C=O) groups is 1. The van der Waals surface area contributed by atoms with Crippen LogP contribution in [-0.2, 0) is 9.53 Å². The second-order valence-corrected chi connectivity index (χ2v) is 4.91. The Morgan fingerprint density at radius 2 is 2.18 bits per heavy atom. The molecule has 0 aromatic rings. The Morgan fingerprint density at radius 3 is 2.88 bits per heavy atom. The van der Waals surface area contributed by atoms with Gasteiger partial charge in [-0.1, -0.05) is 0 Å². The first-order chi connectivity index (χ1) is 8.29. The number of amides is 1. The number of nitrogens with one attached hydrogen (secondary N) is 2. The van der Waals surface area contributed by atoms with E-state index in [0.29, 0.717) is 6.54 Å². The molecule has 98 valence electrons. The Bertz CT molecular complexity index is 254. The monoisotopic (exact) mass is 241 g/mol. The Hall–Kier alpha value is -0.650. The van der Waals surface area contributed by atoms with Crippen LogP contribution in [-0.4, -0.2) is 62.8 Å². The lowest BCUT2D eigenvalue weighted by atomic mass is 10.2. The lowest BCUT2D eigenvalue weighted by Crippen LogP contribution is -2.50. The fourth-order valence-electron chi connectivity index (χ4n) is 2.70. The van der Waals surface area contributed by atoms with Crippen LogP contribution < -0.4 is 10.6 Å². The van der Waals surface area contributed by atoms with Gasteiger partial charge in [0.05, 0.1) is 18.7 Å². The number of carbonyl (C=O) groups excluding carboxylic acids is 1. The van der Waals surface area contributed by atoms with E-state index >= 15 is 0 Å². The molecule has 0 spiro atoms. The molecule has 1 aliphatic carbocycles. The van der Waals surface area contributed by atoms with E-state index in [1.54, 1.807) is 7.11 Å². The van der Waals surface area contributed by atoms with E-state index in [9.17, 15) is 4.79 Å². The second kappa shape index (κ2) is 6.33. The molecule has 2 aliphatic rings. The summed E-state index contributed by atoms with van der Waals surface area (Å²) >= 11 is 0. The van der Waals surface area contributed by atoms with Crippen molar-refractivity contribution in [2.24, 2.45) is 0 Å². The van der Waals surface area contributed by atoms with Crippen molar-refractivity contribution in [1.82, 2.24) is 15.5 Å². The van der Waals surface area contributed by atoms with Crippen molar-refractivity contribution >= 4 is 5.91 Å². The molecule has 5 heteroatoms. The van der Waals surface area contributed by atoms with E-state index in [1.165, 1.54) is 0 Å². The molecule has 0 aromatic heterocycles. The third-order valence-corrected chi connectivity index (χ3v) is 3.68. The quantitative estimate of drug-likeness (QED) is 0.701. The smallest absolute Gasteiger partial charge is 0.234 e. The van der Waals surface area contributed by atoms with Gasteiger partial charge in [0.1, 0.15) is 0 Å². The Kier molecular flexibility index (Phi) is 4.76. The van der Waals surface area contributed by atoms with Crippen LogP contribution in [0.25, 0.3) is 0 Å². The Morgan fingerprint density at radius 1 is 1.41 bits per heavy atom. The number of methoxy groups -OCH3 is 1. The molecule has 0 radical (unpaired) electrons. The first kappa shape index (κ1) is 12.8. The summed E-state index contributed by atoms with van der Waals surface area (Å²) in [6, 6.07) is 0.218. The molecule has 2 rings (SSSR count). The lowest BCUT2D eigenvalue weighted by molar-refractivity contribution is -0.123. The standard InChI is InChI=1S/C12H23N3O2/c1-17-11-4-2-3-10(11)14-12(16)9-15-7-5-13-6-8-15/h10-11,13H,2-9H2,1H3,(H,14,16). The number of ether oxygens (including phenoxy) is 1. The highest BCUT2D eigenvalue weighted by Gasteiger charge is 2.28. The Balaban J connectivity index is 1.72. The normalized spacial score (nSPS) is 30.4. The van der Waals surface area contributed by atoms with Gasteiger partial charge in [-0.15, -0.1) is 0 Å². The molecule has 5 nitrogen and oxygen atoms in total. The lowest BCUT2D eigenvalue weighted by Gasteiger charge is -2.27. The summed E-state index contributed by atoms with van der Waals surface area (Å²) in [5, 5.41) is 6.39. The third-order valence-electron chi connectivity index (χ3n) is 3.68. The molecule has 2 atom stereocenters. The molecule has 1 aliphatic heterocycles. The second-order valence-electron chi connectivity index (χ2n) is 4.91. The number of nitrogens with zero attached hydrogens (tertiary/aromatic N) is 1. The summed E-state index contributed by atoms with van der Waals surface area (Å²) in [4.78, 5) is 14.1. The van der Waals surface area contributed by atoms with Gasteiger partial charge in [-0.25, -0.2) is 0 Å². The van der Waals surface area contributed by atoms with Gasteiger partial charge in [-0.3, -0.25) is 9.69 Å². The van der Waals surface area contributed by atoms with Crippen LogP contribution >= 0.6 is 0 Å². The summed E-state index contributed by atoms with van der Waals surface area (Å²) < 4.78 is 5.38. The first-order valence-electron chi connectivity index (χ1n) is 6.55. The van der Waals surface area contributed by atoms with Crippen molar-refractivity contribution in [3.8, 4) is 0 Å². The summed E-state index contributed by atoms with van der Waals surface area (Å²) in [6.07, 6.45) is 3.47. The molecule has 2 N–H and O–H groups in total. The van der Waals surface area contributed by atoms with Crippen LogP contribution in [0, 0.1) is 0 Å². The maximum atomic E-state index is 11.9. The van der Waals surface area contributed by atoms with Crippen molar-refractivity contribution < 1.29 is 9.53 Å². The molecule has 1 saturated heterocycles. The van der Waals surface area contributed by atoms with Gasteiger partial charge >= 0.3 is 0 Å². The highest BCUT2D eigenvalue weighted by atomic mass is 16.5. The molecular weight excluding hydrogens is 218 g/mol. The average molecular weight is 241 g/mol. The largest absolute Gasteiger partial charge is 0.379 e. The summed E-state index contributed by atoms with van der Waals surface area (Å²) in [6.45, 7) is 4.42. The van der Waals surface area contributed by atoms with Gasteiger partial charge in [0.15, 0.2) is 0 Å². The van der Waals surface area contributed by atoms with E-state index in [4.69, 9.17) is 4.74 Å². The number of rotatable bonds is 4. The minimum absolute atomic E-state index is 0.140. The number of hydrogen-bond donors (Lipinski definition) is 2. The zero-order valence-corrected chi connectivity index (χ0v) is 10.6. The highest BCUT2D eigenvalue weighted by Crippen LogP contribution is 2.21. The third kappa shape index (κ3) is 3.66. The van der Waals surface area contributed by atoms with E-state index < -0.39 is 0 Å².